The van der Waals surface area contributed by atoms with E-state index in [9.17, 15) is 13.2 Å². The first-order valence-corrected chi connectivity index (χ1v) is 12.3. The summed E-state index contributed by atoms with van der Waals surface area (Å²) in [5, 5.41) is 19.3. The van der Waals surface area contributed by atoms with E-state index < -0.39 is 29.6 Å². The maximum absolute atomic E-state index is 13.6. The molecule has 0 saturated heterocycles. The minimum Gasteiger partial charge on any atom is -0.479 e. The molecule has 0 spiro atoms. The Balaban J connectivity index is 0.000000585. The lowest BCUT2D eigenvalue weighted by atomic mass is 9.88. The molecule has 0 aliphatic carbocycles. The zero-order chi connectivity index (χ0) is 29.7. The van der Waals surface area contributed by atoms with Gasteiger partial charge in [-0.15, -0.1) is 0 Å². The number of hydrogen-bond acceptors (Lipinski definition) is 7. The Morgan fingerprint density at radius 2 is 1.80 bits per heavy atom. The number of halogens is 3. The molecule has 41 heavy (non-hydrogen) atoms. The number of aliphatic carboxylic acids is 2. The molecule has 0 radical (unpaired) electrons. The maximum Gasteiger partial charge on any atom is 0.416 e. The third-order valence-corrected chi connectivity index (χ3v) is 6.16. The van der Waals surface area contributed by atoms with Crippen LogP contribution in [0.25, 0.3) is 17.8 Å². The van der Waals surface area contributed by atoms with E-state index in [1.807, 2.05) is 29.8 Å². The van der Waals surface area contributed by atoms with Crippen LogP contribution < -0.4 is 4.74 Å². The van der Waals surface area contributed by atoms with E-state index in [1.165, 1.54) is 12.1 Å². The number of alkyl halides is 3. The molecule has 1 aromatic carbocycles. The van der Waals surface area contributed by atoms with Crippen molar-refractivity contribution in [3.8, 4) is 11.6 Å². The molecular formula is C27H25F3N6O5. The zero-order valence-electron chi connectivity index (χ0n) is 21.9. The molecule has 1 atom stereocenters. The van der Waals surface area contributed by atoms with Gasteiger partial charge in [0.25, 0.3) is 0 Å². The van der Waals surface area contributed by atoms with Crippen molar-refractivity contribution >= 4 is 24.1 Å². The molecule has 0 fully saturated rings. The number of ether oxygens (including phenoxy) is 1. The van der Waals surface area contributed by atoms with Crippen LogP contribution in [0.15, 0.2) is 48.9 Å². The van der Waals surface area contributed by atoms with E-state index >= 15 is 0 Å². The van der Waals surface area contributed by atoms with Gasteiger partial charge in [-0.05, 0) is 55.7 Å². The minimum atomic E-state index is -4.42. The number of carboxylic acid groups (broad SMARTS) is 2. The summed E-state index contributed by atoms with van der Waals surface area (Å²) >= 11 is 0. The molecule has 214 valence electrons. The molecule has 11 nitrogen and oxygen atoms in total. The summed E-state index contributed by atoms with van der Waals surface area (Å²) in [7, 11) is 1.55. The number of aryl methyl sites for hydroxylation is 2. The molecule has 1 aliphatic rings. The van der Waals surface area contributed by atoms with E-state index in [-0.39, 0.29) is 5.56 Å². The Hall–Kier alpha value is -5.01. The third kappa shape index (κ3) is 6.77. The second kappa shape index (κ2) is 12.0. The first-order chi connectivity index (χ1) is 19.5. The molecule has 14 heteroatoms. The van der Waals surface area contributed by atoms with Crippen molar-refractivity contribution in [3.05, 3.63) is 83.1 Å². The van der Waals surface area contributed by atoms with Crippen molar-refractivity contribution < 1.29 is 37.7 Å². The second-order valence-corrected chi connectivity index (χ2v) is 8.96. The quantitative estimate of drug-likeness (QED) is 0.333. The number of carboxylic acids is 2. The van der Waals surface area contributed by atoms with Crippen LogP contribution >= 0.6 is 0 Å². The van der Waals surface area contributed by atoms with Crippen LogP contribution in [-0.4, -0.2) is 58.6 Å². The van der Waals surface area contributed by atoms with Crippen molar-refractivity contribution in [1.82, 2.24) is 29.3 Å². The molecule has 2 N–H and O–H groups in total. The average Bonchev–Trinajstić information content (AvgIpc) is 3.57. The first kappa shape index (κ1) is 29.0. The largest absolute Gasteiger partial charge is 0.479 e. The van der Waals surface area contributed by atoms with E-state index in [0.29, 0.717) is 36.2 Å². The Labute approximate surface area is 231 Å². The van der Waals surface area contributed by atoms with Crippen molar-refractivity contribution in [2.45, 2.75) is 38.4 Å². The summed E-state index contributed by atoms with van der Waals surface area (Å²) in [6, 6.07) is 9.42. The number of methoxy groups -OCH3 is 1. The highest BCUT2D eigenvalue weighted by Gasteiger charge is 2.37. The summed E-state index contributed by atoms with van der Waals surface area (Å²) in [5.74, 6) is -2.71. The molecule has 5 rings (SSSR count). The van der Waals surface area contributed by atoms with E-state index in [0.717, 1.165) is 23.9 Å². The van der Waals surface area contributed by atoms with Gasteiger partial charge in [0.05, 0.1) is 30.4 Å². The predicted octanol–water partition coefficient (Wildman–Crippen LogP) is 4.45. The third-order valence-electron chi connectivity index (χ3n) is 6.16. The summed E-state index contributed by atoms with van der Waals surface area (Å²) < 4.78 is 49.8. The fraction of sp³-hybridized carbons (Fsp3) is 0.259. The highest BCUT2D eigenvalue weighted by Crippen LogP contribution is 2.40. The normalized spacial score (nSPS) is 14.7. The fourth-order valence-electron chi connectivity index (χ4n) is 4.39. The van der Waals surface area contributed by atoms with Gasteiger partial charge in [-0.25, -0.2) is 29.2 Å². The molecule has 4 heterocycles. The lowest BCUT2D eigenvalue weighted by molar-refractivity contribution is -0.159. The van der Waals surface area contributed by atoms with Crippen molar-refractivity contribution in [1.29, 1.82) is 0 Å². The summed E-state index contributed by atoms with van der Waals surface area (Å²) in [4.78, 5) is 31.5. The lowest BCUT2D eigenvalue weighted by Crippen LogP contribution is -2.21. The summed E-state index contributed by atoms with van der Waals surface area (Å²) in [6.07, 6.45) is 3.92. The van der Waals surface area contributed by atoms with Crippen molar-refractivity contribution in [2.24, 2.45) is 0 Å². The van der Waals surface area contributed by atoms with Gasteiger partial charge in [0, 0.05) is 18.7 Å². The Morgan fingerprint density at radius 1 is 1.07 bits per heavy atom. The summed E-state index contributed by atoms with van der Waals surface area (Å²) in [5.41, 5.74) is 1.88. The van der Waals surface area contributed by atoms with Crippen molar-refractivity contribution in [3.63, 3.8) is 0 Å². The maximum atomic E-state index is 13.6. The monoisotopic (exact) mass is 570 g/mol. The van der Waals surface area contributed by atoms with E-state index in [1.54, 1.807) is 36.3 Å². The Morgan fingerprint density at radius 3 is 2.44 bits per heavy atom. The number of fused-ring (bicyclic) bond motifs is 1. The first-order valence-electron chi connectivity index (χ1n) is 12.3. The molecule has 0 amide bonds. The lowest BCUT2D eigenvalue weighted by Gasteiger charge is -2.25. The van der Waals surface area contributed by atoms with Crippen LogP contribution in [0.2, 0.25) is 0 Å². The number of rotatable bonds is 5. The van der Waals surface area contributed by atoms with E-state index in [4.69, 9.17) is 24.5 Å². The van der Waals surface area contributed by atoms with Gasteiger partial charge < -0.3 is 19.5 Å². The van der Waals surface area contributed by atoms with Gasteiger partial charge in [-0.2, -0.15) is 18.3 Å². The number of pyridine rings is 1. The molecular weight excluding hydrogens is 545 g/mol. The molecule has 0 bridgehead atoms. The van der Waals surface area contributed by atoms with Crippen LogP contribution in [0.5, 0.6) is 5.88 Å². The summed E-state index contributed by atoms with van der Waals surface area (Å²) in [6.45, 7) is 2.52. The van der Waals surface area contributed by atoms with Crippen molar-refractivity contribution in [2.75, 3.05) is 7.11 Å². The predicted molar refractivity (Wildman–Crippen MR) is 139 cm³/mol. The van der Waals surface area contributed by atoms with Crippen LogP contribution in [0, 0.1) is 6.92 Å². The molecule has 4 aromatic rings. The number of imidazole rings is 1. The average molecular weight is 571 g/mol. The Bertz CT molecular complexity index is 1580. The Kier molecular flexibility index (Phi) is 8.50. The van der Waals surface area contributed by atoms with Crippen LogP contribution in [0.3, 0.4) is 0 Å². The highest BCUT2D eigenvalue weighted by atomic mass is 19.4. The molecule has 3 aromatic heterocycles. The van der Waals surface area contributed by atoms with Gasteiger partial charge in [0.15, 0.2) is 5.82 Å². The minimum absolute atomic E-state index is 0.237. The fourth-order valence-corrected chi connectivity index (χ4v) is 4.39. The zero-order valence-corrected chi connectivity index (χ0v) is 21.9. The van der Waals surface area contributed by atoms with Gasteiger partial charge >= 0.3 is 18.1 Å². The topological polar surface area (TPSA) is 145 Å². The highest BCUT2D eigenvalue weighted by molar-refractivity contribution is 6.27. The number of carbonyl (C=O) groups is 2. The van der Waals surface area contributed by atoms with E-state index in [2.05, 4.69) is 20.1 Å². The number of nitrogens with zero attached hydrogens (tertiary/aromatic N) is 6. The number of hydrogen-bond donors (Lipinski definition) is 2. The molecule has 0 unspecified atom stereocenters. The number of aromatic nitrogens is 6. The van der Waals surface area contributed by atoms with Crippen LogP contribution in [0.4, 0.5) is 13.2 Å². The molecule has 1 aliphatic heterocycles. The van der Waals surface area contributed by atoms with Gasteiger partial charge in [-0.3, -0.25) is 0 Å². The van der Waals surface area contributed by atoms with Gasteiger partial charge in [0.2, 0.25) is 5.88 Å². The SMILES string of the molecule is COc1nc(/C=C/c2nc3n(n2)CCC[C@H]3c2ccccc2C(F)(F)F)ccc1-n1cnc(C)c1.O=C(O)C(=O)O. The smallest absolute Gasteiger partial charge is 0.416 e. The molecule has 0 saturated carbocycles. The van der Waals surface area contributed by atoms with Gasteiger partial charge in [-0.1, -0.05) is 18.2 Å². The van der Waals surface area contributed by atoms with Crippen LogP contribution in [-0.2, 0) is 22.3 Å². The van der Waals surface area contributed by atoms with Gasteiger partial charge in [0.1, 0.15) is 11.5 Å². The standard InChI is InChI=1S/C25H23F3N6O.C2H2O4/c1-16-14-33(15-29-16)21-11-9-17(30-24(21)35-2)10-12-22-31-23-19(7-5-13-34(23)32-22)18-6-3-4-8-20(18)25(26,27)28;3-1(4)2(5)6/h3-4,6,8-12,14-15,19H,5,7,13H2,1-2H3;(H,3,4)(H,5,6)/b12-10+;/t19-;/m0./s1. The second-order valence-electron chi connectivity index (χ2n) is 8.96. The number of benzene rings is 1. The van der Waals surface area contributed by atoms with Crippen LogP contribution in [0.1, 0.15) is 52.9 Å².